The van der Waals surface area contributed by atoms with Gasteiger partial charge in [0, 0.05) is 13.1 Å². The number of rotatable bonds is 5. The number of carbonyl (C=O) groups is 1. The fourth-order valence-electron chi connectivity index (χ4n) is 3.88. The Morgan fingerprint density at radius 1 is 1.00 bits per heavy atom. The van der Waals surface area contributed by atoms with Gasteiger partial charge < -0.3 is 5.32 Å². The third-order valence-electron chi connectivity index (χ3n) is 5.57. The standard InChI is InChI=1S/C23H26N4O3S/c1-17-9-8-10-19(15-17)27-18(2)20(16-24-27)23(28)25-21-11-4-5-12-22(21)31(29,30)26-13-6-3-7-14-26/h4-5,8-12,15-16H,3,6-7,13-14H2,1-2H3,(H,25,28). The van der Waals surface area contributed by atoms with Crippen molar-refractivity contribution in [1.82, 2.24) is 14.1 Å². The second-order valence-electron chi connectivity index (χ2n) is 7.81. The number of hydrogen-bond acceptors (Lipinski definition) is 4. The van der Waals surface area contributed by atoms with E-state index in [-0.39, 0.29) is 10.6 Å². The molecule has 1 saturated heterocycles. The first kappa shape index (κ1) is 21.3. The molecular weight excluding hydrogens is 412 g/mol. The van der Waals surface area contributed by atoms with Crippen molar-refractivity contribution in [3.8, 4) is 5.69 Å². The second-order valence-corrected chi connectivity index (χ2v) is 9.72. The molecular formula is C23H26N4O3S. The van der Waals surface area contributed by atoms with Crippen molar-refractivity contribution >= 4 is 21.6 Å². The summed E-state index contributed by atoms with van der Waals surface area (Å²) >= 11 is 0. The van der Waals surface area contributed by atoms with Crippen LogP contribution in [0.4, 0.5) is 5.69 Å². The largest absolute Gasteiger partial charge is 0.321 e. The molecule has 1 aliphatic heterocycles. The number of para-hydroxylation sites is 1. The Morgan fingerprint density at radius 2 is 1.74 bits per heavy atom. The molecule has 1 fully saturated rings. The Hall–Kier alpha value is -2.97. The van der Waals surface area contributed by atoms with Gasteiger partial charge in [0.15, 0.2) is 0 Å². The van der Waals surface area contributed by atoms with Gasteiger partial charge in [-0.05, 0) is 56.5 Å². The molecule has 2 heterocycles. The number of aromatic nitrogens is 2. The third-order valence-corrected chi connectivity index (χ3v) is 7.53. The normalized spacial score (nSPS) is 15.0. The van der Waals surface area contributed by atoms with Crippen LogP contribution >= 0.6 is 0 Å². The Kier molecular flexibility index (Phi) is 5.93. The Morgan fingerprint density at radius 3 is 2.48 bits per heavy atom. The van der Waals surface area contributed by atoms with Crippen LogP contribution in [0.3, 0.4) is 0 Å². The van der Waals surface area contributed by atoms with E-state index in [4.69, 9.17) is 0 Å². The fraction of sp³-hybridized carbons (Fsp3) is 0.304. The van der Waals surface area contributed by atoms with Crippen molar-refractivity contribution in [2.75, 3.05) is 18.4 Å². The maximum Gasteiger partial charge on any atom is 0.259 e. The molecule has 8 heteroatoms. The maximum absolute atomic E-state index is 13.2. The van der Waals surface area contributed by atoms with Crippen LogP contribution in [-0.2, 0) is 10.0 Å². The molecule has 2 aromatic carbocycles. The molecule has 162 valence electrons. The van der Waals surface area contributed by atoms with Crippen molar-refractivity contribution in [3.63, 3.8) is 0 Å². The van der Waals surface area contributed by atoms with Crippen molar-refractivity contribution in [1.29, 1.82) is 0 Å². The summed E-state index contributed by atoms with van der Waals surface area (Å²) in [6, 6.07) is 14.4. The first-order chi connectivity index (χ1) is 14.9. The zero-order chi connectivity index (χ0) is 22.0. The summed E-state index contributed by atoms with van der Waals surface area (Å²) in [4.78, 5) is 13.1. The number of benzene rings is 2. The Labute approximate surface area is 182 Å². The van der Waals surface area contributed by atoms with Crippen LogP contribution < -0.4 is 5.32 Å². The molecule has 1 aliphatic rings. The summed E-state index contributed by atoms with van der Waals surface area (Å²) in [7, 11) is -3.68. The first-order valence-electron chi connectivity index (χ1n) is 10.4. The molecule has 0 aliphatic carbocycles. The predicted octanol–water partition coefficient (Wildman–Crippen LogP) is 3.92. The fourth-order valence-corrected chi connectivity index (χ4v) is 5.55. The van der Waals surface area contributed by atoms with Gasteiger partial charge in [-0.3, -0.25) is 4.79 Å². The molecule has 1 amide bonds. The topological polar surface area (TPSA) is 84.3 Å². The number of aryl methyl sites for hydroxylation is 1. The molecule has 1 aromatic heterocycles. The second kappa shape index (κ2) is 8.64. The predicted molar refractivity (Wildman–Crippen MR) is 120 cm³/mol. The van der Waals surface area contributed by atoms with Crippen LogP contribution in [0.25, 0.3) is 5.69 Å². The summed E-state index contributed by atoms with van der Waals surface area (Å²) in [5.74, 6) is -0.391. The number of nitrogens with one attached hydrogen (secondary N) is 1. The van der Waals surface area contributed by atoms with Crippen molar-refractivity contribution in [2.24, 2.45) is 0 Å². The number of piperidine rings is 1. The average Bonchev–Trinajstić information content (AvgIpc) is 3.16. The zero-order valence-corrected chi connectivity index (χ0v) is 18.5. The van der Waals surface area contributed by atoms with Crippen LogP contribution in [0.5, 0.6) is 0 Å². The summed E-state index contributed by atoms with van der Waals surface area (Å²) < 4.78 is 29.6. The van der Waals surface area contributed by atoms with Gasteiger partial charge in [-0.15, -0.1) is 0 Å². The van der Waals surface area contributed by atoms with E-state index in [9.17, 15) is 13.2 Å². The number of sulfonamides is 1. The minimum Gasteiger partial charge on any atom is -0.321 e. The Balaban J connectivity index is 1.62. The summed E-state index contributed by atoms with van der Waals surface area (Å²) in [5.41, 5.74) is 3.31. The minimum absolute atomic E-state index is 0.119. The molecule has 7 nitrogen and oxygen atoms in total. The lowest BCUT2D eigenvalue weighted by molar-refractivity contribution is 0.102. The summed E-state index contributed by atoms with van der Waals surface area (Å²) in [5, 5.41) is 7.15. The average molecular weight is 439 g/mol. The molecule has 0 bridgehead atoms. The number of hydrogen-bond donors (Lipinski definition) is 1. The van der Waals surface area contributed by atoms with E-state index in [2.05, 4.69) is 10.4 Å². The quantitative estimate of drug-likeness (QED) is 0.654. The van der Waals surface area contributed by atoms with Crippen LogP contribution in [0.1, 0.15) is 40.9 Å². The molecule has 31 heavy (non-hydrogen) atoms. The highest BCUT2D eigenvalue weighted by Gasteiger charge is 2.29. The molecule has 0 unspecified atom stereocenters. The van der Waals surface area contributed by atoms with Gasteiger partial charge in [-0.2, -0.15) is 9.40 Å². The van der Waals surface area contributed by atoms with Crippen molar-refractivity contribution in [3.05, 3.63) is 71.5 Å². The Bertz CT molecular complexity index is 1210. The lowest BCUT2D eigenvalue weighted by atomic mass is 10.2. The minimum atomic E-state index is -3.68. The van der Waals surface area contributed by atoms with Gasteiger partial charge in [0.05, 0.1) is 28.8 Å². The van der Waals surface area contributed by atoms with Crippen molar-refractivity contribution in [2.45, 2.75) is 38.0 Å². The van der Waals surface area contributed by atoms with E-state index in [0.717, 1.165) is 30.5 Å². The van der Waals surface area contributed by atoms with Crippen LogP contribution in [0, 0.1) is 13.8 Å². The van der Waals surface area contributed by atoms with E-state index < -0.39 is 15.9 Å². The molecule has 1 N–H and O–H groups in total. The van der Waals surface area contributed by atoms with E-state index >= 15 is 0 Å². The molecule has 0 spiro atoms. The highest BCUT2D eigenvalue weighted by Crippen LogP contribution is 2.27. The highest BCUT2D eigenvalue weighted by atomic mass is 32.2. The van der Waals surface area contributed by atoms with E-state index in [1.165, 1.54) is 10.5 Å². The van der Waals surface area contributed by atoms with Gasteiger partial charge >= 0.3 is 0 Å². The highest BCUT2D eigenvalue weighted by molar-refractivity contribution is 7.89. The van der Waals surface area contributed by atoms with Gasteiger partial charge in [-0.1, -0.05) is 30.7 Å². The lowest BCUT2D eigenvalue weighted by Gasteiger charge is -2.26. The van der Waals surface area contributed by atoms with Gasteiger partial charge in [0.2, 0.25) is 10.0 Å². The summed E-state index contributed by atoms with van der Waals surface area (Å²) in [6.45, 7) is 4.83. The van der Waals surface area contributed by atoms with Gasteiger partial charge in [0.1, 0.15) is 4.90 Å². The van der Waals surface area contributed by atoms with Gasteiger partial charge in [0.25, 0.3) is 5.91 Å². The molecule has 0 saturated carbocycles. The van der Waals surface area contributed by atoms with Crippen LogP contribution in [0.15, 0.2) is 59.6 Å². The molecule has 0 radical (unpaired) electrons. The number of anilines is 1. The van der Waals surface area contributed by atoms with E-state index in [0.29, 0.717) is 24.3 Å². The lowest BCUT2D eigenvalue weighted by Crippen LogP contribution is -2.36. The van der Waals surface area contributed by atoms with Crippen LogP contribution in [0.2, 0.25) is 0 Å². The number of carbonyl (C=O) groups excluding carboxylic acids is 1. The monoisotopic (exact) mass is 438 g/mol. The van der Waals surface area contributed by atoms with Gasteiger partial charge in [-0.25, -0.2) is 13.1 Å². The first-order valence-corrected chi connectivity index (χ1v) is 11.8. The van der Waals surface area contributed by atoms with E-state index in [1.54, 1.807) is 28.9 Å². The van der Waals surface area contributed by atoms with E-state index in [1.807, 2.05) is 38.1 Å². The number of nitrogens with zero attached hydrogens (tertiary/aromatic N) is 3. The molecule has 3 aromatic rings. The summed E-state index contributed by atoms with van der Waals surface area (Å²) in [6.07, 6.45) is 4.25. The SMILES string of the molecule is Cc1cccc(-n2ncc(C(=O)Nc3ccccc3S(=O)(=O)N3CCCCC3)c2C)c1. The zero-order valence-electron chi connectivity index (χ0n) is 17.7. The maximum atomic E-state index is 13.2. The third kappa shape index (κ3) is 4.26. The van der Waals surface area contributed by atoms with Crippen molar-refractivity contribution < 1.29 is 13.2 Å². The van der Waals surface area contributed by atoms with Crippen LogP contribution in [-0.4, -0.2) is 41.5 Å². The smallest absolute Gasteiger partial charge is 0.259 e. The molecule has 4 rings (SSSR count). The molecule has 0 atom stereocenters. The number of amides is 1.